The maximum atomic E-state index is 12.4. The number of nitrogen functional groups attached to an aromatic ring is 1. The average Bonchev–Trinajstić information content (AvgIpc) is 2.46. The number of carbonyl (C=O) groups excluding carboxylic acids is 1. The molecule has 3 N–H and O–H groups in total. The van der Waals surface area contributed by atoms with Crippen LogP contribution < -0.4 is 16.2 Å². The van der Waals surface area contributed by atoms with Crippen molar-refractivity contribution in [2.75, 3.05) is 17.4 Å². The first-order valence-corrected chi connectivity index (χ1v) is 5.76. The van der Waals surface area contributed by atoms with Gasteiger partial charge in [0.1, 0.15) is 5.82 Å². The number of nitrogens with one attached hydrogen (secondary N) is 1. The van der Waals surface area contributed by atoms with E-state index in [0.717, 1.165) is 5.69 Å². The van der Waals surface area contributed by atoms with Crippen LogP contribution in [0.3, 0.4) is 0 Å². The molecule has 6 nitrogen and oxygen atoms in total. The van der Waals surface area contributed by atoms with E-state index in [1.165, 1.54) is 11.1 Å². The van der Waals surface area contributed by atoms with Crippen LogP contribution >= 0.6 is 0 Å². The number of aromatic nitrogens is 2. The third kappa shape index (κ3) is 2.69. The topological polar surface area (TPSA) is 84.1 Å². The predicted octanol–water partition coefficient (Wildman–Crippen LogP) is 1.35. The summed E-state index contributed by atoms with van der Waals surface area (Å²) in [5.74, 6) is 5.77. The summed E-state index contributed by atoms with van der Waals surface area (Å²) in [6.07, 6.45) is 3.14. The van der Waals surface area contributed by atoms with Crippen LogP contribution in [-0.2, 0) is 0 Å². The summed E-state index contributed by atoms with van der Waals surface area (Å²) < 4.78 is 0. The Morgan fingerprint density at radius 3 is 2.79 bits per heavy atom. The van der Waals surface area contributed by atoms with Crippen molar-refractivity contribution in [3.8, 4) is 0 Å². The highest BCUT2D eigenvalue weighted by Crippen LogP contribution is 2.18. The molecule has 1 amide bonds. The molecule has 0 bridgehead atoms. The van der Waals surface area contributed by atoms with E-state index in [2.05, 4.69) is 15.4 Å². The molecule has 2 aromatic rings. The quantitative estimate of drug-likeness (QED) is 0.640. The Labute approximate surface area is 111 Å². The highest BCUT2D eigenvalue weighted by Gasteiger charge is 2.18. The Balaban J connectivity index is 2.34. The van der Waals surface area contributed by atoms with Crippen LogP contribution in [0, 0.1) is 6.92 Å². The summed E-state index contributed by atoms with van der Waals surface area (Å²) in [6, 6.07) is 7.10. The van der Waals surface area contributed by atoms with Crippen LogP contribution in [0.1, 0.15) is 16.1 Å². The number of hydrogen-bond donors (Lipinski definition) is 2. The molecule has 0 fully saturated rings. The molecule has 2 rings (SSSR count). The second-order valence-corrected chi connectivity index (χ2v) is 4.07. The molecular weight excluding hydrogens is 242 g/mol. The number of aryl methyl sites for hydroxylation is 1. The fourth-order valence-corrected chi connectivity index (χ4v) is 1.69. The van der Waals surface area contributed by atoms with Crippen molar-refractivity contribution in [3.63, 3.8) is 0 Å². The van der Waals surface area contributed by atoms with E-state index in [0.29, 0.717) is 17.1 Å². The fourth-order valence-electron chi connectivity index (χ4n) is 1.69. The molecule has 0 aliphatic heterocycles. The first-order chi connectivity index (χ1) is 9.13. The molecule has 0 aliphatic rings. The second kappa shape index (κ2) is 5.45. The van der Waals surface area contributed by atoms with Gasteiger partial charge in [0.25, 0.3) is 5.91 Å². The van der Waals surface area contributed by atoms with Crippen molar-refractivity contribution in [2.24, 2.45) is 5.84 Å². The van der Waals surface area contributed by atoms with E-state index >= 15 is 0 Å². The van der Waals surface area contributed by atoms with Gasteiger partial charge in [-0.2, -0.15) is 0 Å². The molecule has 0 saturated heterocycles. The monoisotopic (exact) mass is 257 g/mol. The number of rotatable bonds is 3. The Bertz CT molecular complexity index is 585. The average molecular weight is 257 g/mol. The number of amides is 1. The molecule has 0 atom stereocenters. The lowest BCUT2D eigenvalue weighted by atomic mass is 10.2. The van der Waals surface area contributed by atoms with Gasteiger partial charge in [0.05, 0.1) is 11.3 Å². The molecule has 0 radical (unpaired) electrons. The Morgan fingerprint density at radius 2 is 2.16 bits per heavy atom. The summed E-state index contributed by atoms with van der Waals surface area (Å²) in [6.45, 7) is 1.83. The number of hydrazine groups is 1. The van der Waals surface area contributed by atoms with Gasteiger partial charge in [-0.15, -0.1) is 0 Å². The number of pyridine rings is 2. The number of nitrogens with zero attached hydrogens (tertiary/aromatic N) is 3. The SMILES string of the molecule is Cc1cc(NN)c(C(=O)N(C)c2ccccn2)cn1. The van der Waals surface area contributed by atoms with Gasteiger partial charge in [-0.05, 0) is 25.1 Å². The molecule has 0 spiro atoms. The Morgan fingerprint density at radius 1 is 1.37 bits per heavy atom. The van der Waals surface area contributed by atoms with Gasteiger partial charge >= 0.3 is 0 Å². The first kappa shape index (κ1) is 13.0. The van der Waals surface area contributed by atoms with Crippen molar-refractivity contribution in [1.82, 2.24) is 9.97 Å². The summed E-state index contributed by atoms with van der Waals surface area (Å²) >= 11 is 0. The number of anilines is 2. The molecule has 2 aromatic heterocycles. The van der Waals surface area contributed by atoms with Crippen LogP contribution in [0.4, 0.5) is 11.5 Å². The van der Waals surface area contributed by atoms with E-state index < -0.39 is 0 Å². The molecule has 98 valence electrons. The molecule has 2 heterocycles. The van der Waals surface area contributed by atoms with Gasteiger partial charge in [-0.25, -0.2) is 4.98 Å². The standard InChI is InChI=1S/C13H15N5O/c1-9-7-11(17-14)10(8-16-9)13(19)18(2)12-5-3-4-6-15-12/h3-8H,14H2,1-2H3,(H,16,17). The highest BCUT2D eigenvalue weighted by molar-refractivity contribution is 6.08. The van der Waals surface area contributed by atoms with Crippen LogP contribution in [-0.4, -0.2) is 22.9 Å². The molecule has 0 aliphatic carbocycles. The minimum atomic E-state index is -0.223. The first-order valence-electron chi connectivity index (χ1n) is 5.76. The number of nitrogens with two attached hydrogens (primary N) is 1. The summed E-state index contributed by atoms with van der Waals surface area (Å²) in [4.78, 5) is 22.1. The van der Waals surface area contributed by atoms with Gasteiger partial charge in [0.15, 0.2) is 0 Å². The highest BCUT2D eigenvalue weighted by atomic mass is 16.2. The third-order valence-corrected chi connectivity index (χ3v) is 2.72. The van der Waals surface area contributed by atoms with Gasteiger partial charge in [0, 0.05) is 25.1 Å². The van der Waals surface area contributed by atoms with Gasteiger partial charge in [0.2, 0.25) is 0 Å². The van der Waals surface area contributed by atoms with Crippen LogP contribution in [0.15, 0.2) is 36.7 Å². The van der Waals surface area contributed by atoms with Gasteiger partial charge in [-0.1, -0.05) is 6.07 Å². The van der Waals surface area contributed by atoms with E-state index in [-0.39, 0.29) is 5.91 Å². The maximum Gasteiger partial charge on any atom is 0.262 e. The summed E-state index contributed by atoms with van der Waals surface area (Å²) in [7, 11) is 1.66. The molecule has 19 heavy (non-hydrogen) atoms. The van der Waals surface area contributed by atoms with E-state index in [9.17, 15) is 4.79 Å². The minimum absolute atomic E-state index is 0.223. The lowest BCUT2D eigenvalue weighted by molar-refractivity contribution is 0.0992. The van der Waals surface area contributed by atoms with E-state index in [4.69, 9.17) is 5.84 Å². The van der Waals surface area contributed by atoms with Gasteiger partial charge < -0.3 is 5.43 Å². The maximum absolute atomic E-state index is 12.4. The van der Waals surface area contributed by atoms with Crippen molar-refractivity contribution in [3.05, 3.63) is 47.9 Å². The van der Waals surface area contributed by atoms with Crippen LogP contribution in [0.5, 0.6) is 0 Å². The van der Waals surface area contributed by atoms with Crippen molar-refractivity contribution in [2.45, 2.75) is 6.92 Å². The molecule has 0 aromatic carbocycles. The second-order valence-electron chi connectivity index (χ2n) is 4.07. The normalized spacial score (nSPS) is 10.1. The van der Waals surface area contributed by atoms with E-state index in [1.54, 1.807) is 31.4 Å². The van der Waals surface area contributed by atoms with Crippen molar-refractivity contribution < 1.29 is 4.79 Å². The Kier molecular flexibility index (Phi) is 3.72. The zero-order chi connectivity index (χ0) is 13.8. The lowest BCUT2D eigenvalue weighted by Gasteiger charge is -2.17. The minimum Gasteiger partial charge on any atom is -0.323 e. The molecule has 6 heteroatoms. The van der Waals surface area contributed by atoms with Crippen molar-refractivity contribution in [1.29, 1.82) is 0 Å². The lowest BCUT2D eigenvalue weighted by Crippen LogP contribution is -2.28. The van der Waals surface area contributed by atoms with E-state index in [1.807, 2.05) is 13.0 Å². The summed E-state index contributed by atoms with van der Waals surface area (Å²) in [5.41, 5.74) is 4.24. The van der Waals surface area contributed by atoms with Crippen LogP contribution in [0.2, 0.25) is 0 Å². The van der Waals surface area contributed by atoms with Crippen molar-refractivity contribution >= 4 is 17.4 Å². The Hall–Kier alpha value is -2.47. The number of hydrogen-bond acceptors (Lipinski definition) is 5. The fraction of sp³-hybridized carbons (Fsp3) is 0.154. The van der Waals surface area contributed by atoms with Crippen LogP contribution in [0.25, 0.3) is 0 Å². The smallest absolute Gasteiger partial charge is 0.262 e. The zero-order valence-electron chi connectivity index (χ0n) is 10.8. The molecule has 0 saturated carbocycles. The third-order valence-electron chi connectivity index (χ3n) is 2.72. The zero-order valence-corrected chi connectivity index (χ0v) is 10.8. The largest absolute Gasteiger partial charge is 0.323 e. The molecule has 0 unspecified atom stereocenters. The predicted molar refractivity (Wildman–Crippen MR) is 73.8 cm³/mol. The number of carbonyl (C=O) groups is 1. The van der Waals surface area contributed by atoms with Gasteiger partial charge in [-0.3, -0.25) is 20.5 Å². The summed E-state index contributed by atoms with van der Waals surface area (Å²) in [5, 5.41) is 0. The molecular formula is C13H15N5O.